The van der Waals surface area contributed by atoms with Gasteiger partial charge in [-0.05, 0) is 50.5 Å². The summed E-state index contributed by atoms with van der Waals surface area (Å²) in [6, 6.07) is 16.2. The third-order valence-corrected chi connectivity index (χ3v) is 6.11. The molecular formula is C22H23FN4OS. The molecule has 7 heteroatoms. The average molecular weight is 411 g/mol. The summed E-state index contributed by atoms with van der Waals surface area (Å²) in [6.45, 7) is 2.93. The van der Waals surface area contributed by atoms with Crippen LogP contribution in [0.25, 0.3) is 17.1 Å². The van der Waals surface area contributed by atoms with Crippen LogP contribution in [-0.4, -0.2) is 43.9 Å². The van der Waals surface area contributed by atoms with Crippen molar-refractivity contribution in [3.8, 4) is 17.1 Å². The van der Waals surface area contributed by atoms with E-state index >= 15 is 0 Å². The van der Waals surface area contributed by atoms with Gasteiger partial charge in [-0.1, -0.05) is 42.1 Å². The van der Waals surface area contributed by atoms with Gasteiger partial charge in [0.15, 0.2) is 11.0 Å². The minimum atomic E-state index is -0.299. The van der Waals surface area contributed by atoms with Gasteiger partial charge in [-0.25, -0.2) is 4.39 Å². The number of hydrogen-bond donors (Lipinski definition) is 0. The Kier molecular flexibility index (Phi) is 5.94. The molecule has 2 aromatic carbocycles. The molecule has 0 unspecified atom stereocenters. The Hall–Kier alpha value is -2.67. The Balaban J connectivity index is 1.62. The Morgan fingerprint density at radius 2 is 1.86 bits per heavy atom. The number of piperidine rings is 1. The third-order valence-electron chi connectivity index (χ3n) is 5.20. The number of hydrogen-bond acceptors (Lipinski definition) is 4. The number of thioether (sulfide) groups is 1. The van der Waals surface area contributed by atoms with Crippen molar-refractivity contribution in [3.63, 3.8) is 0 Å². The normalized spacial score (nSPS) is 16.8. The zero-order valence-corrected chi connectivity index (χ0v) is 17.1. The topological polar surface area (TPSA) is 51.0 Å². The lowest BCUT2D eigenvalue weighted by molar-refractivity contribution is -0.131. The first-order chi connectivity index (χ1) is 14.1. The van der Waals surface area contributed by atoms with E-state index in [1.165, 1.54) is 30.3 Å². The number of amides is 1. The van der Waals surface area contributed by atoms with E-state index in [9.17, 15) is 9.18 Å². The molecule has 0 aliphatic carbocycles. The summed E-state index contributed by atoms with van der Waals surface area (Å²) in [7, 11) is 0. The van der Waals surface area contributed by atoms with Crippen molar-refractivity contribution >= 4 is 17.7 Å². The maximum atomic E-state index is 13.5. The number of likely N-dealkylation sites (tertiary alicyclic amines) is 1. The lowest BCUT2D eigenvalue weighted by atomic mass is 10.0. The minimum absolute atomic E-state index is 0.122. The standard InChI is InChI=1S/C22H23FN4OS/c1-16-7-5-6-14-26(16)20(28)15-29-22-25-24-21(17-8-3-2-4-9-17)27(22)19-12-10-18(23)11-13-19/h2-4,8-13,16H,5-7,14-15H2,1H3/t16-/m0/s1. The summed E-state index contributed by atoms with van der Waals surface area (Å²) in [5, 5.41) is 9.32. The fourth-order valence-electron chi connectivity index (χ4n) is 3.64. The van der Waals surface area contributed by atoms with Gasteiger partial charge < -0.3 is 4.90 Å². The van der Waals surface area contributed by atoms with Crippen LogP contribution in [0.15, 0.2) is 59.8 Å². The largest absolute Gasteiger partial charge is 0.339 e. The smallest absolute Gasteiger partial charge is 0.233 e. The fraction of sp³-hybridized carbons (Fsp3) is 0.318. The van der Waals surface area contributed by atoms with Crippen molar-refractivity contribution in [2.75, 3.05) is 12.3 Å². The van der Waals surface area contributed by atoms with Crippen molar-refractivity contribution in [1.82, 2.24) is 19.7 Å². The van der Waals surface area contributed by atoms with Crippen LogP contribution >= 0.6 is 11.8 Å². The highest BCUT2D eigenvalue weighted by Crippen LogP contribution is 2.28. The number of carbonyl (C=O) groups excluding carboxylic acids is 1. The monoisotopic (exact) mass is 410 g/mol. The van der Waals surface area contributed by atoms with Crippen molar-refractivity contribution in [2.24, 2.45) is 0 Å². The van der Waals surface area contributed by atoms with E-state index in [-0.39, 0.29) is 17.8 Å². The first-order valence-corrected chi connectivity index (χ1v) is 10.8. The van der Waals surface area contributed by atoms with Gasteiger partial charge >= 0.3 is 0 Å². The maximum Gasteiger partial charge on any atom is 0.233 e. The number of benzene rings is 2. The Bertz CT molecular complexity index is 974. The highest BCUT2D eigenvalue weighted by Gasteiger charge is 2.24. The molecule has 3 aromatic rings. The molecule has 0 spiro atoms. The zero-order chi connectivity index (χ0) is 20.2. The van der Waals surface area contributed by atoms with Crippen LogP contribution in [0, 0.1) is 5.82 Å². The molecule has 4 rings (SSSR count). The maximum absolute atomic E-state index is 13.5. The van der Waals surface area contributed by atoms with Gasteiger partial charge in [0.05, 0.1) is 5.75 Å². The number of halogens is 1. The quantitative estimate of drug-likeness (QED) is 0.579. The summed E-state index contributed by atoms with van der Waals surface area (Å²) in [6.07, 6.45) is 3.29. The minimum Gasteiger partial charge on any atom is -0.339 e. The molecule has 5 nitrogen and oxygen atoms in total. The van der Waals surface area contributed by atoms with Crippen LogP contribution in [0.4, 0.5) is 4.39 Å². The van der Waals surface area contributed by atoms with E-state index in [1.54, 1.807) is 12.1 Å². The molecule has 0 bridgehead atoms. The van der Waals surface area contributed by atoms with Crippen LogP contribution in [0.1, 0.15) is 26.2 Å². The molecule has 0 radical (unpaired) electrons. The molecule has 1 atom stereocenters. The van der Waals surface area contributed by atoms with Crippen molar-refractivity contribution < 1.29 is 9.18 Å². The number of rotatable bonds is 5. The van der Waals surface area contributed by atoms with Crippen molar-refractivity contribution in [1.29, 1.82) is 0 Å². The molecule has 0 N–H and O–H groups in total. The average Bonchev–Trinajstić information content (AvgIpc) is 3.17. The lowest BCUT2D eigenvalue weighted by Crippen LogP contribution is -2.42. The van der Waals surface area contributed by atoms with Gasteiger partial charge in [-0.2, -0.15) is 0 Å². The molecule has 1 aromatic heterocycles. The molecule has 29 heavy (non-hydrogen) atoms. The van der Waals surface area contributed by atoms with Crippen LogP contribution in [-0.2, 0) is 4.79 Å². The molecule has 1 fully saturated rings. The molecule has 2 heterocycles. The van der Waals surface area contributed by atoms with Gasteiger partial charge in [0, 0.05) is 23.8 Å². The summed E-state index contributed by atoms with van der Waals surface area (Å²) >= 11 is 1.37. The predicted molar refractivity (Wildman–Crippen MR) is 113 cm³/mol. The van der Waals surface area contributed by atoms with Gasteiger partial charge in [0.1, 0.15) is 5.82 Å². The van der Waals surface area contributed by atoms with E-state index in [0.29, 0.717) is 16.7 Å². The van der Waals surface area contributed by atoms with Gasteiger partial charge in [0.25, 0.3) is 0 Å². The van der Waals surface area contributed by atoms with Crippen LogP contribution < -0.4 is 0 Å². The second kappa shape index (κ2) is 8.78. The molecule has 1 aliphatic heterocycles. The van der Waals surface area contributed by atoms with Gasteiger partial charge in [0.2, 0.25) is 5.91 Å². The Morgan fingerprint density at radius 1 is 1.10 bits per heavy atom. The first-order valence-electron chi connectivity index (χ1n) is 9.82. The number of nitrogens with zero attached hydrogens (tertiary/aromatic N) is 4. The van der Waals surface area contributed by atoms with E-state index in [4.69, 9.17) is 0 Å². The molecule has 150 valence electrons. The molecular weight excluding hydrogens is 387 g/mol. The predicted octanol–water partition coefficient (Wildman–Crippen LogP) is 4.57. The van der Waals surface area contributed by atoms with E-state index in [1.807, 2.05) is 39.8 Å². The molecule has 1 aliphatic rings. The van der Waals surface area contributed by atoms with Crippen LogP contribution in [0.2, 0.25) is 0 Å². The molecule has 1 amide bonds. The van der Waals surface area contributed by atoms with E-state index < -0.39 is 0 Å². The first kappa shape index (κ1) is 19.6. The summed E-state index contributed by atoms with van der Waals surface area (Å²) in [5.74, 6) is 0.792. The third kappa shape index (κ3) is 4.34. The van der Waals surface area contributed by atoms with Crippen molar-refractivity contribution in [2.45, 2.75) is 37.4 Å². The second-order valence-electron chi connectivity index (χ2n) is 7.20. The van der Waals surface area contributed by atoms with Crippen LogP contribution in [0.3, 0.4) is 0 Å². The zero-order valence-electron chi connectivity index (χ0n) is 16.3. The fourth-order valence-corrected chi connectivity index (χ4v) is 4.48. The van der Waals surface area contributed by atoms with Crippen LogP contribution in [0.5, 0.6) is 0 Å². The number of aromatic nitrogens is 3. The number of carbonyl (C=O) groups is 1. The lowest BCUT2D eigenvalue weighted by Gasteiger charge is -2.33. The van der Waals surface area contributed by atoms with E-state index in [0.717, 1.165) is 30.6 Å². The Morgan fingerprint density at radius 3 is 2.59 bits per heavy atom. The van der Waals surface area contributed by atoms with E-state index in [2.05, 4.69) is 17.1 Å². The summed E-state index contributed by atoms with van der Waals surface area (Å²) < 4.78 is 15.3. The molecule has 0 saturated carbocycles. The summed E-state index contributed by atoms with van der Waals surface area (Å²) in [4.78, 5) is 14.7. The van der Waals surface area contributed by atoms with Crippen molar-refractivity contribution in [3.05, 3.63) is 60.4 Å². The SMILES string of the molecule is C[C@H]1CCCCN1C(=O)CSc1nnc(-c2ccccc2)n1-c1ccc(F)cc1. The van der Waals surface area contributed by atoms with Gasteiger partial charge in [-0.3, -0.25) is 9.36 Å². The summed E-state index contributed by atoms with van der Waals surface area (Å²) in [5.41, 5.74) is 1.67. The second-order valence-corrected chi connectivity index (χ2v) is 8.15. The highest BCUT2D eigenvalue weighted by molar-refractivity contribution is 7.99. The van der Waals surface area contributed by atoms with Gasteiger partial charge in [-0.15, -0.1) is 10.2 Å². The molecule has 1 saturated heterocycles. The Labute approximate surface area is 173 Å². The highest BCUT2D eigenvalue weighted by atomic mass is 32.2.